The molecule has 2 N–H and O–H groups in total. The summed E-state index contributed by atoms with van der Waals surface area (Å²) in [6.45, 7) is 8.89. The molecule has 2 fully saturated rings. The smallest absolute Gasteiger partial charge is 0.156 e. The van der Waals surface area contributed by atoms with E-state index < -0.39 is 0 Å². The second kappa shape index (κ2) is 3.85. The summed E-state index contributed by atoms with van der Waals surface area (Å²) in [5.74, 6) is 0.334. The van der Waals surface area contributed by atoms with Gasteiger partial charge in [0.05, 0.1) is 6.04 Å². The van der Waals surface area contributed by atoms with Crippen LogP contribution in [0.1, 0.15) is 27.2 Å². The number of hydrogen-bond acceptors (Lipinski definition) is 4. The van der Waals surface area contributed by atoms with Crippen molar-refractivity contribution < 1.29 is 4.79 Å². The van der Waals surface area contributed by atoms with Crippen LogP contribution in [0.3, 0.4) is 0 Å². The van der Waals surface area contributed by atoms with E-state index >= 15 is 0 Å². The number of carbonyl (C=O) groups is 1. The van der Waals surface area contributed by atoms with E-state index in [0.717, 1.165) is 26.1 Å². The Kier molecular flexibility index (Phi) is 2.83. The van der Waals surface area contributed by atoms with Crippen LogP contribution in [0.25, 0.3) is 0 Å². The lowest BCUT2D eigenvalue weighted by molar-refractivity contribution is -0.131. The molecule has 0 radical (unpaired) electrons. The Hall–Kier alpha value is -0.450. The highest BCUT2D eigenvalue weighted by molar-refractivity contribution is 5.89. The van der Waals surface area contributed by atoms with Gasteiger partial charge in [0.1, 0.15) is 0 Å². The largest absolute Gasteiger partial charge is 0.305 e. The second-order valence-electron chi connectivity index (χ2n) is 5.50. The molecule has 2 heterocycles. The summed E-state index contributed by atoms with van der Waals surface area (Å²) < 4.78 is 0. The number of nitrogens with one attached hydrogen (secondary N) is 2. The van der Waals surface area contributed by atoms with Gasteiger partial charge in [-0.2, -0.15) is 0 Å². The number of hydrazine groups is 1. The highest BCUT2D eigenvalue weighted by Gasteiger charge is 2.41. The van der Waals surface area contributed by atoms with Gasteiger partial charge in [-0.15, -0.1) is 0 Å². The van der Waals surface area contributed by atoms with Crippen molar-refractivity contribution in [1.29, 1.82) is 0 Å². The molecule has 0 spiro atoms. The van der Waals surface area contributed by atoms with Gasteiger partial charge in [-0.1, -0.05) is 20.8 Å². The molecule has 2 aliphatic rings. The molecule has 86 valence electrons. The van der Waals surface area contributed by atoms with Gasteiger partial charge >= 0.3 is 0 Å². The number of nitrogens with zero attached hydrogens (tertiary/aromatic N) is 1. The molecule has 0 bridgehead atoms. The van der Waals surface area contributed by atoms with Crippen molar-refractivity contribution in [2.24, 2.45) is 5.41 Å². The first kappa shape index (κ1) is 11.0. The summed E-state index contributed by atoms with van der Waals surface area (Å²) >= 11 is 0. The Bertz CT molecular complexity index is 259. The summed E-state index contributed by atoms with van der Waals surface area (Å²) in [5, 5.41) is 5.59. The lowest BCUT2D eigenvalue weighted by Gasteiger charge is -2.38. The van der Waals surface area contributed by atoms with E-state index in [1.807, 2.05) is 20.8 Å². The molecule has 0 aromatic rings. The average Bonchev–Trinajstić information content (AvgIpc) is 2.62. The zero-order valence-electron chi connectivity index (χ0n) is 9.84. The summed E-state index contributed by atoms with van der Waals surface area (Å²) in [6.07, 6.45) is 1.07. The first-order valence-electron chi connectivity index (χ1n) is 5.78. The zero-order chi connectivity index (χ0) is 11.1. The quantitative estimate of drug-likeness (QED) is 0.648. The maximum Gasteiger partial charge on any atom is 0.156 e. The highest BCUT2D eigenvalue weighted by Crippen LogP contribution is 2.24. The van der Waals surface area contributed by atoms with E-state index in [2.05, 4.69) is 15.8 Å². The predicted molar refractivity (Wildman–Crippen MR) is 59.4 cm³/mol. The molecule has 2 atom stereocenters. The van der Waals surface area contributed by atoms with Crippen LogP contribution in [-0.2, 0) is 4.79 Å². The van der Waals surface area contributed by atoms with Crippen molar-refractivity contribution in [2.45, 2.75) is 39.3 Å². The van der Waals surface area contributed by atoms with E-state index in [1.165, 1.54) is 0 Å². The van der Waals surface area contributed by atoms with Crippen molar-refractivity contribution in [1.82, 2.24) is 15.8 Å². The second-order valence-corrected chi connectivity index (χ2v) is 5.50. The molecule has 0 aromatic heterocycles. The summed E-state index contributed by atoms with van der Waals surface area (Å²) in [5.41, 5.74) is 3.09. The lowest BCUT2D eigenvalue weighted by atomic mass is 9.82. The van der Waals surface area contributed by atoms with Crippen LogP contribution >= 0.6 is 0 Å². The van der Waals surface area contributed by atoms with Gasteiger partial charge in [0.25, 0.3) is 0 Å². The van der Waals surface area contributed by atoms with E-state index in [1.54, 1.807) is 0 Å². The van der Waals surface area contributed by atoms with Crippen LogP contribution in [0.2, 0.25) is 0 Å². The van der Waals surface area contributed by atoms with E-state index in [-0.39, 0.29) is 11.5 Å². The minimum Gasteiger partial charge on any atom is -0.305 e. The van der Waals surface area contributed by atoms with Gasteiger partial charge in [0, 0.05) is 31.1 Å². The fourth-order valence-corrected chi connectivity index (χ4v) is 2.43. The molecule has 4 nitrogen and oxygen atoms in total. The molecule has 0 aromatic carbocycles. The summed E-state index contributed by atoms with van der Waals surface area (Å²) in [4.78, 5) is 12.2. The van der Waals surface area contributed by atoms with Crippen LogP contribution in [0.5, 0.6) is 0 Å². The number of ketones is 1. The molecule has 2 aliphatic heterocycles. The maximum atomic E-state index is 12.2. The first-order chi connectivity index (χ1) is 7.00. The van der Waals surface area contributed by atoms with E-state index in [9.17, 15) is 4.79 Å². The Morgan fingerprint density at radius 3 is 2.73 bits per heavy atom. The Morgan fingerprint density at radius 2 is 2.07 bits per heavy atom. The third-order valence-electron chi connectivity index (χ3n) is 3.28. The number of rotatable bonds is 1. The van der Waals surface area contributed by atoms with Crippen molar-refractivity contribution in [3.05, 3.63) is 0 Å². The molecule has 0 amide bonds. The molecule has 4 heteroatoms. The van der Waals surface area contributed by atoms with E-state index in [4.69, 9.17) is 0 Å². The monoisotopic (exact) mass is 211 g/mol. The van der Waals surface area contributed by atoms with Gasteiger partial charge in [0.15, 0.2) is 5.78 Å². The fourth-order valence-electron chi connectivity index (χ4n) is 2.43. The molecular weight excluding hydrogens is 190 g/mol. The van der Waals surface area contributed by atoms with Crippen LogP contribution in [0.15, 0.2) is 0 Å². The lowest BCUT2D eigenvalue weighted by Crippen LogP contribution is -2.62. The van der Waals surface area contributed by atoms with Crippen molar-refractivity contribution in [3.63, 3.8) is 0 Å². The van der Waals surface area contributed by atoms with Gasteiger partial charge in [-0.25, -0.2) is 5.01 Å². The van der Waals surface area contributed by atoms with Crippen LogP contribution in [0, 0.1) is 5.41 Å². The Labute approximate surface area is 91.4 Å². The minimum atomic E-state index is -0.247. The third-order valence-corrected chi connectivity index (χ3v) is 3.28. The summed E-state index contributed by atoms with van der Waals surface area (Å²) in [6, 6.07) is 0.360. The maximum absolute atomic E-state index is 12.2. The molecule has 15 heavy (non-hydrogen) atoms. The van der Waals surface area contributed by atoms with Crippen molar-refractivity contribution in [3.8, 4) is 0 Å². The number of fused-ring (bicyclic) bond motifs is 1. The molecule has 0 saturated carbocycles. The molecule has 2 saturated heterocycles. The number of Topliss-reactive ketones (excluding diaryl/α,β-unsaturated/α-hetero) is 1. The number of piperazine rings is 1. The SMILES string of the molecule is CC(C)(C)C(=O)C1NCCN2NCCC12. The molecule has 2 rings (SSSR count). The van der Waals surface area contributed by atoms with Gasteiger partial charge in [-0.3, -0.25) is 10.2 Å². The molecular formula is C11H21N3O. The average molecular weight is 211 g/mol. The predicted octanol–water partition coefficient (Wildman–Crippen LogP) is 0.152. The number of carbonyl (C=O) groups excluding carboxylic acids is 1. The zero-order valence-corrected chi connectivity index (χ0v) is 9.84. The third kappa shape index (κ3) is 2.07. The fraction of sp³-hybridized carbons (Fsp3) is 0.909. The van der Waals surface area contributed by atoms with Crippen molar-refractivity contribution >= 4 is 5.78 Å². The van der Waals surface area contributed by atoms with E-state index in [0.29, 0.717) is 11.8 Å². The minimum absolute atomic E-state index is 0.00810. The first-order valence-corrected chi connectivity index (χ1v) is 5.78. The topological polar surface area (TPSA) is 44.4 Å². The normalized spacial score (nSPS) is 32.7. The van der Waals surface area contributed by atoms with Crippen molar-refractivity contribution in [2.75, 3.05) is 19.6 Å². The molecule has 0 aliphatic carbocycles. The molecule has 2 unspecified atom stereocenters. The van der Waals surface area contributed by atoms with Crippen LogP contribution in [0.4, 0.5) is 0 Å². The van der Waals surface area contributed by atoms with Gasteiger partial charge < -0.3 is 5.32 Å². The Balaban J connectivity index is 2.11. The van der Waals surface area contributed by atoms with Gasteiger partial charge in [-0.05, 0) is 6.42 Å². The van der Waals surface area contributed by atoms with Crippen LogP contribution < -0.4 is 10.7 Å². The highest BCUT2D eigenvalue weighted by atomic mass is 16.1. The standard InChI is InChI=1S/C11H21N3O/c1-11(2,3)10(15)9-8-4-5-13-14(8)7-6-12-9/h8-9,12-13H,4-7H2,1-3H3. The Morgan fingerprint density at radius 1 is 1.33 bits per heavy atom. The number of hydrogen-bond donors (Lipinski definition) is 2. The van der Waals surface area contributed by atoms with Crippen LogP contribution in [-0.4, -0.2) is 42.5 Å². The summed E-state index contributed by atoms with van der Waals surface area (Å²) in [7, 11) is 0. The van der Waals surface area contributed by atoms with Gasteiger partial charge in [0.2, 0.25) is 0 Å².